The highest BCUT2D eigenvalue weighted by Gasteiger charge is 2.43. The summed E-state index contributed by atoms with van der Waals surface area (Å²) in [5.41, 5.74) is 3.40. The van der Waals surface area contributed by atoms with Gasteiger partial charge in [-0.2, -0.15) is 0 Å². The largest absolute Gasteiger partial charge is 0.366 e. The Balaban J connectivity index is 1.74. The molecule has 0 saturated carbocycles. The number of nitrogens with zero attached hydrogens (tertiary/aromatic N) is 3. The lowest BCUT2D eigenvalue weighted by atomic mass is 10.1. The van der Waals surface area contributed by atoms with Gasteiger partial charge in [-0.15, -0.1) is 11.3 Å². The molecule has 0 bridgehead atoms. The van der Waals surface area contributed by atoms with Crippen molar-refractivity contribution in [1.29, 1.82) is 0 Å². The second-order valence-electron chi connectivity index (χ2n) is 7.26. The van der Waals surface area contributed by atoms with Crippen LogP contribution in [0.2, 0.25) is 5.02 Å². The monoisotopic (exact) mass is 451 g/mol. The highest BCUT2D eigenvalue weighted by molar-refractivity contribution is 7.11. The summed E-state index contributed by atoms with van der Waals surface area (Å²) in [7, 11) is 0. The van der Waals surface area contributed by atoms with E-state index in [1.807, 2.05) is 48.4 Å². The average molecular weight is 452 g/mol. The zero-order valence-corrected chi connectivity index (χ0v) is 18.9. The van der Waals surface area contributed by atoms with E-state index in [0.29, 0.717) is 35.1 Å². The van der Waals surface area contributed by atoms with E-state index in [-0.39, 0.29) is 11.8 Å². The minimum Gasteiger partial charge on any atom is -0.366 e. The van der Waals surface area contributed by atoms with Crippen molar-refractivity contribution in [3.05, 3.63) is 87.0 Å². The van der Waals surface area contributed by atoms with E-state index in [1.165, 1.54) is 16.2 Å². The Bertz CT molecular complexity index is 1140. The normalized spacial score (nSPS) is 14.0. The lowest BCUT2D eigenvalue weighted by Gasteiger charge is -2.25. The highest BCUT2D eigenvalue weighted by atomic mass is 35.5. The number of imide groups is 1. The maximum Gasteiger partial charge on any atom is 0.282 e. The molecule has 0 spiro atoms. The van der Waals surface area contributed by atoms with E-state index >= 15 is 0 Å². The van der Waals surface area contributed by atoms with Gasteiger partial charge in [0.05, 0.1) is 11.3 Å². The van der Waals surface area contributed by atoms with Crippen molar-refractivity contribution in [3.63, 3.8) is 0 Å². The summed E-state index contributed by atoms with van der Waals surface area (Å²) in [6.07, 6.45) is 4.27. The number of anilines is 1. The van der Waals surface area contributed by atoms with Crippen LogP contribution in [-0.4, -0.2) is 34.8 Å². The van der Waals surface area contributed by atoms with E-state index < -0.39 is 0 Å². The third-order valence-electron chi connectivity index (χ3n) is 5.34. The van der Waals surface area contributed by atoms with Crippen molar-refractivity contribution in [1.82, 2.24) is 9.88 Å². The molecule has 1 aliphatic rings. The van der Waals surface area contributed by atoms with Crippen molar-refractivity contribution < 1.29 is 9.59 Å². The van der Waals surface area contributed by atoms with Crippen molar-refractivity contribution in [2.24, 2.45) is 0 Å². The van der Waals surface area contributed by atoms with Gasteiger partial charge in [-0.25, -0.2) is 4.90 Å². The summed E-state index contributed by atoms with van der Waals surface area (Å²) in [5, 5.41) is 2.49. The van der Waals surface area contributed by atoms with Gasteiger partial charge in [0.1, 0.15) is 5.70 Å². The molecule has 2 amide bonds. The number of likely N-dealkylation sites (N-methyl/N-ethyl adjacent to an activating group) is 1. The fourth-order valence-electron chi connectivity index (χ4n) is 3.78. The molecule has 5 nitrogen and oxygen atoms in total. The van der Waals surface area contributed by atoms with Crippen LogP contribution in [0.3, 0.4) is 0 Å². The third-order valence-corrected chi connectivity index (χ3v) is 6.47. The quantitative estimate of drug-likeness (QED) is 0.477. The van der Waals surface area contributed by atoms with Gasteiger partial charge in [-0.3, -0.25) is 14.6 Å². The standard InChI is InChI=1S/C24H22ClN3O2S/c1-3-27(13-10-17-8-11-26-12-9-17)22-21(20-5-4-14-31-20)23(29)28(24(22)30)19-7-6-18(25)15-16(19)2/h4-9,11-12,14-15H,3,10,13H2,1-2H3. The zero-order chi connectivity index (χ0) is 22.0. The molecule has 4 rings (SSSR count). The number of hydrogen-bond donors (Lipinski definition) is 0. The van der Waals surface area contributed by atoms with Gasteiger partial charge in [0.15, 0.2) is 0 Å². The van der Waals surface area contributed by atoms with Gasteiger partial charge in [-0.05, 0) is 73.2 Å². The molecule has 0 N–H and O–H groups in total. The van der Waals surface area contributed by atoms with Gasteiger partial charge < -0.3 is 4.90 Å². The topological polar surface area (TPSA) is 53.5 Å². The number of thiophene rings is 1. The van der Waals surface area contributed by atoms with Crippen LogP contribution in [0.5, 0.6) is 0 Å². The SMILES string of the molecule is CCN(CCc1ccncc1)C1=C(c2cccs2)C(=O)N(c2ccc(Cl)cc2C)C1=O. The molecule has 0 aliphatic carbocycles. The molecule has 3 aromatic rings. The predicted octanol–water partition coefficient (Wildman–Crippen LogP) is 4.95. The van der Waals surface area contributed by atoms with E-state index in [0.717, 1.165) is 22.4 Å². The minimum atomic E-state index is -0.296. The minimum absolute atomic E-state index is 0.296. The van der Waals surface area contributed by atoms with Crippen molar-refractivity contribution >= 4 is 46.0 Å². The number of hydrogen-bond acceptors (Lipinski definition) is 5. The molecule has 31 heavy (non-hydrogen) atoms. The van der Waals surface area contributed by atoms with Gasteiger partial charge in [0.25, 0.3) is 11.8 Å². The Kier molecular flexibility index (Phi) is 6.20. The smallest absolute Gasteiger partial charge is 0.282 e. The average Bonchev–Trinajstić information content (AvgIpc) is 3.37. The van der Waals surface area contributed by atoms with Crippen molar-refractivity contribution in [2.45, 2.75) is 20.3 Å². The number of carbonyl (C=O) groups is 2. The Morgan fingerprint density at radius 3 is 2.52 bits per heavy atom. The summed E-state index contributed by atoms with van der Waals surface area (Å²) < 4.78 is 0. The van der Waals surface area contributed by atoms with Crippen molar-refractivity contribution in [2.75, 3.05) is 18.0 Å². The molecule has 1 aliphatic heterocycles. The maximum absolute atomic E-state index is 13.6. The van der Waals surface area contributed by atoms with E-state index in [4.69, 9.17) is 11.6 Å². The molecular weight excluding hydrogens is 430 g/mol. The fourth-order valence-corrected chi connectivity index (χ4v) is 4.77. The molecule has 0 radical (unpaired) electrons. The first-order valence-corrected chi connectivity index (χ1v) is 11.3. The molecule has 7 heteroatoms. The first-order chi connectivity index (χ1) is 15.0. The van der Waals surface area contributed by atoms with E-state index in [2.05, 4.69) is 4.98 Å². The van der Waals surface area contributed by atoms with Gasteiger partial charge >= 0.3 is 0 Å². The number of halogens is 1. The molecule has 0 saturated heterocycles. The summed E-state index contributed by atoms with van der Waals surface area (Å²) >= 11 is 7.56. The van der Waals surface area contributed by atoms with Crippen LogP contribution in [0.15, 0.2) is 65.9 Å². The van der Waals surface area contributed by atoms with E-state index in [1.54, 1.807) is 30.6 Å². The second kappa shape index (κ2) is 9.04. The Hall–Kier alpha value is -2.96. The lowest BCUT2D eigenvalue weighted by Crippen LogP contribution is -2.36. The van der Waals surface area contributed by atoms with Gasteiger partial charge in [-0.1, -0.05) is 17.7 Å². The van der Waals surface area contributed by atoms with E-state index in [9.17, 15) is 9.59 Å². The lowest BCUT2D eigenvalue weighted by molar-refractivity contribution is -0.120. The number of pyridine rings is 1. The Labute approximate surface area is 190 Å². The molecule has 2 aromatic heterocycles. The first-order valence-electron chi connectivity index (χ1n) is 10.1. The van der Waals surface area contributed by atoms with Crippen LogP contribution in [0.4, 0.5) is 5.69 Å². The number of rotatable bonds is 7. The number of aryl methyl sites for hydroxylation is 1. The zero-order valence-electron chi connectivity index (χ0n) is 17.3. The second-order valence-corrected chi connectivity index (χ2v) is 8.65. The summed E-state index contributed by atoms with van der Waals surface area (Å²) in [6, 6.07) is 12.9. The molecule has 0 fully saturated rings. The van der Waals surface area contributed by atoms with Gasteiger partial charge in [0.2, 0.25) is 0 Å². The summed E-state index contributed by atoms with van der Waals surface area (Å²) in [5.74, 6) is -0.592. The molecule has 0 unspecified atom stereocenters. The van der Waals surface area contributed by atoms with Crippen LogP contribution in [0.25, 0.3) is 5.57 Å². The first kappa shape index (κ1) is 21.3. The fraction of sp³-hybridized carbons (Fsp3) is 0.208. The molecule has 3 heterocycles. The molecule has 0 atom stereocenters. The van der Waals surface area contributed by atoms with Crippen LogP contribution in [-0.2, 0) is 16.0 Å². The number of aromatic nitrogens is 1. The van der Waals surface area contributed by atoms with Crippen LogP contribution < -0.4 is 4.90 Å². The summed E-state index contributed by atoms with van der Waals surface area (Å²) in [4.78, 5) is 35.3. The van der Waals surface area contributed by atoms with Crippen LogP contribution >= 0.6 is 22.9 Å². The number of carbonyl (C=O) groups excluding carboxylic acids is 2. The van der Waals surface area contributed by atoms with Crippen molar-refractivity contribution in [3.8, 4) is 0 Å². The number of benzene rings is 1. The number of amides is 2. The van der Waals surface area contributed by atoms with Crippen LogP contribution in [0, 0.1) is 6.92 Å². The van der Waals surface area contributed by atoms with Gasteiger partial charge in [0, 0.05) is 35.4 Å². The molecule has 1 aromatic carbocycles. The third kappa shape index (κ3) is 4.13. The molecule has 158 valence electrons. The maximum atomic E-state index is 13.6. The molecular formula is C24H22ClN3O2S. The van der Waals surface area contributed by atoms with Crippen LogP contribution in [0.1, 0.15) is 22.9 Å². The Morgan fingerprint density at radius 2 is 1.87 bits per heavy atom. The predicted molar refractivity (Wildman–Crippen MR) is 125 cm³/mol. The Morgan fingerprint density at radius 1 is 1.10 bits per heavy atom. The summed E-state index contributed by atoms with van der Waals surface area (Å²) in [6.45, 7) is 5.09. The highest BCUT2D eigenvalue weighted by Crippen LogP contribution is 2.38.